The zero-order valence-electron chi connectivity index (χ0n) is 15.6. The molecule has 2 N–H and O–H groups in total. The Kier molecular flexibility index (Phi) is 9.87. The van der Waals surface area contributed by atoms with Crippen molar-refractivity contribution in [2.24, 2.45) is 11.8 Å². The van der Waals surface area contributed by atoms with Crippen LogP contribution < -0.4 is 0 Å². The smallest absolute Gasteiger partial charge is 0.174 e. The van der Waals surface area contributed by atoms with Gasteiger partial charge in [-0.15, -0.1) is 10.2 Å². The molecule has 6 nitrogen and oxygen atoms in total. The van der Waals surface area contributed by atoms with E-state index in [4.69, 9.17) is 5.11 Å². The number of aliphatic hydroxyl groups excluding tert-OH is 1. The summed E-state index contributed by atoms with van der Waals surface area (Å²) in [6.07, 6.45) is 19.9. The summed E-state index contributed by atoms with van der Waals surface area (Å²) in [6, 6.07) is 0. The minimum Gasteiger partial charge on any atom is -0.396 e. The Hall–Kier alpha value is -1.82. The predicted molar refractivity (Wildman–Crippen MR) is 101 cm³/mol. The summed E-state index contributed by atoms with van der Waals surface area (Å²) in [5, 5.41) is 22.7. The maximum Gasteiger partial charge on any atom is 0.174 e. The quantitative estimate of drug-likeness (QED) is 0.391. The second kappa shape index (κ2) is 12.5. The van der Waals surface area contributed by atoms with Gasteiger partial charge in [0.15, 0.2) is 11.6 Å². The van der Waals surface area contributed by atoms with Crippen molar-refractivity contribution >= 4 is 5.78 Å². The number of nitrogens with one attached hydrogen (secondary N) is 1. The predicted octanol–water partition coefficient (Wildman–Crippen LogP) is 3.56. The fraction of sp³-hybridized carbons (Fsp3) is 0.700. The molecule has 0 bridgehead atoms. The molecular weight excluding hydrogens is 328 g/mol. The Morgan fingerprint density at radius 2 is 1.88 bits per heavy atom. The lowest BCUT2D eigenvalue weighted by Crippen LogP contribution is -2.15. The van der Waals surface area contributed by atoms with Gasteiger partial charge < -0.3 is 5.11 Å². The van der Waals surface area contributed by atoms with Gasteiger partial charge in [0.2, 0.25) is 0 Å². The molecule has 1 aromatic heterocycles. The van der Waals surface area contributed by atoms with Crippen molar-refractivity contribution in [3.05, 3.63) is 30.1 Å². The SMILES string of the molecule is O=C1C=C[C@@H](CCCCCCCCO)[C@@H]1C/C=C\CCCc1nn[nH]n1. The maximum absolute atomic E-state index is 12.1. The molecule has 0 radical (unpaired) electrons. The minimum absolute atomic E-state index is 0.137. The van der Waals surface area contributed by atoms with Crippen molar-refractivity contribution in [1.82, 2.24) is 20.6 Å². The van der Waals surface area contributed by atoms with Crippen LogP contribution in [0.3, 0.4) is 0 Å². The minimum atomic E-state index is 0.137. The van der Waals surface area contributed by atoms with Crippen LogP contribution in [0.5, 0.6) is 0 Å². The van der Waals surface area contributed by atoms with Gasteiger partial charge in [-0.2, -0.15) is 5.21 Å². The fourth-order valence-corrected chi connectivity index (χ4v) is 3.50. The summed E-state index contributed by atoms with van der Waals surface area (Å²) in [7, 11) is 0. The highest BCUT2D eigenvalue weighted by Gasteiger charge is 2.28. The van der Waals surface area contributed by atoms with Crippen LogP contribution >= 0.6 is 0 Å². The zero-order valence-corrected chi connectivity index (χ0v) is 15.6. The molecular formula is C20H32N4O2. The van der Waals surface area contributed by atoms with E-state index in [9.17, 15) is 4.79 Å². The average Bonchev–Trinajstić information content (AvgIpc) is 3.28. The number of unbranched alkanes of at least 4 members (excludes halogenated alkanes) is 6. The van der Waals surface area contributed by atoms with Crippen LogP contribution in [-0.2, 0) is 11.2 Å². The Bertz CT molecular complexity index is 554. The van der Waals surface area contributed by atoms with E-state index in [1.54, 1.807) is 6.08 Å². The van der Waals surface area contributed by atoms with Gasteiger partial charge in [0.1, 0.15) is 0 Å². The number of hydrogen-bond donors (Lipinski definition) is 2. The number of nitrogens with zero attached hydrogens (tertiary/aromatic N) is 3. The number of carbonyl (C=O) groups is 1. The molecule has 26 heavy (non-hydrogen) atoms. The number of tetrazole rings is 1. The Labute approximate surface area is 156 Å². The van der Waals surface area contributed by atoms with E-state index in [1.165, 1.54) is 25.7 Å². The number of rotatable bonds is 14. The Morgan fingerprint density at radius 3 is 2.65 bits per heavy atom. The van der Waals surface area contributed by atoms with E-state index in [2.05, 4.69) is 38.9 Å². The number of aromatic amines is 1. The van der Waals surface area contributed by atoms with E-state index in [0.717, 1.165) is 50.8 Å². The van der Waals surface area contributed by atoms with E-state index < -0.39 is 0 Å². The van der Waals surface area contributed by atoms with Crippen molar-refractivity contribution in [2.45, 2.75) is 70.6 Å². The lowest BCUT2D eigenvalue weighted by atomic mass is 9.87. The molecule has 0 fully saturated rings. The molecule has 1 aliphatic rings. The summed E-state index contributed by atoms with van der Waals surface area (Å²) in [6.45, 7) is 0.307. The first-order valence-electron chi connectivity index (χ1n) is 10.0. The molecule has 0 unspecified atom stereocenters. The van der Waals surface area contributed by atoms with Crippen molar-refractivity contribution in [2.75, 3.05) is 6.61 Å². The average molecular weight is 361 g/mol. The van der Waals surface area contributed by atoms with Gasteiger partial charge in [-0.25, -0.2) is 0 Å². The number of hydrogen-bond acceptors (Lipinski definition) is 5. The van der Waals surface area contributed by atoms with Crippen LogP contribution in [0.25, 0.3) is 0 Å². The normalized spacial score (nSPS) is 19.8. The van der Waals surface area contributed by atoms with Gasteiger partial charge in [-0.3, -0.25) is 4.79 Å². The summed E-state index contributed by atoms with van der Waals surface area (Å²) < 4.78 is 0. The lowest BCUT2D eigenvalue weighted by Gasteiger charge is -2.16. The van der Waals surface area contributed by atoms with Crippen LogP contribution in [0.1, 0.15) is 70.0 Å². The number of H-pyrrole nitrogens is 1. The largest absolute Gasteiger partial charge is 0.396 e. The summed E-state index contributed by atoms with van der Waals surface area (Å²) in [4.78, 5) is 12.1. The number of aryl methyl sites for hydroxylation is 1. The van der Waals surface area contributed by atoms with Crippen LogP contribution in [0, 0.1) is 11.8 Å². The molecule has 0 spiro atoms. The molecule has 0 saturated heterocycles. The van der Waals surface area contributed by atoms with E-state index >= 15 is 0 Å². The van der Waals surface area contributed by atoms with Gasteiger partial charge in [0.25, 0.3) is 0 Å². The van der Waals surface area contributed by atoms with Crippen LogP contribution in [0.4, 0.5) is 0 Å². The molecule has 2 atom stereocenters. The molecule has 1 aliphatic carbocycles. The van der Waals surface area contributed by atoms with Gasteiger partial charge in [-0.1, -0.05) is 55.5 Å². The third kappa shape index (κ3) is 7.60. The molecule has 0 saturated carbocycles. The van der Waals surface area contributed by atoms with Crippen molar-refractivity contribution < 1.29 is 9.90 Å². The van der Waals surface area contributed by atoms with Crippen LogP contribution in [0.2, 0.25) is 0 Å². The molecule has 6 heteroatoms. The van der Waals surface area contributed by atoms with Crippen LogP contribution in [-0.4, -0.2) is 38.1 Å². The first-order chi connectivity index (χ1) is 12.8. The summed E-state index contributed by atoms with van der Waals surface area (Å²) in [5.41, 5.74) is 0. The molecule has 1 heterocycles. The highest BCUT2D eigenvalue weighted by molar-refractivity contribution is 5.94. The second-order valence-corrected chi connectivity index (χ2v) is 7.09. The molecule has 0 aromatic carbocycles. The molecule has 0 amide bonds. The number of ketones is 1. The number of allylic oxidation sites excluding steroid dienone is 4. The van der Waals surface area contributed by atoms with Crippen molar-refractivity contribution in [1.29, 1.82) is 0 Å². The Balaban J connectivity index is 1.57. The van der Waals surface area contributed by atoms with Crippen LogP contribution in [0.15, 0.2) is 24.3 Å². The van der Waals surface area contributed by atoms with E-state index in [1.807, 2.05) is 0 Å². The monoisotopic (exact) mass is 360 g/mol. The highest BCUT2D eigenvalue weighted by atomic mass is 16.2. The molecule has 2 rings (SSSR count). The van der Waals surface area contributed by atoms with Gasteiger partial charge in [0, 0.05) is 18.9 Å². The summed E-state index contributed by atoms with van der Waals surface area (Å²) >= 11 is 0. The fourth-order valence-electron chi connectivity index (χ4n) is 3.50. The van der Waals surface area contributed by atoms with Gasteiger partial charge >= 0.3 is 0 Å². The topological polar surface area (TPSA) is 91.8 Å². The van der Waals surface area contributed by atoms with Gasteiger partial charge in [0.05, 0.1) is 0 Å². The number of aromatic nitrogens is 4. The van der Waals surface area contributed by atoms with Crippen molar-refractivity contribution in [3.8, 4) is 0 Å². The third-order valence-electron chi connectivity index (χ3n) is 5.05. The number of carbonyl (C=O) groups excluding carboxylic acids is 1. The van der Waals surface area contributed by atoms with E-state index in [-0.39, 0.29) is 11.7 Å². The van der Waals surface area contributed by atoms with Crippen molar-refractivity contribution in [3.63, 3.8) is 0 Å². The molecule has 0 aliphatic heterocycles. The third-order valence-corrected chi connectivity index (χ3v) is 5.05. The Morgan fingerprint density at radius 1 is 1.08 bits per heavy atom. The maximum atomic E-state index is 12.1. The first-order valence-corrected chi connectivity index (χ1v) is 10.0. The molecule has 1 aromatic rings. The number of aliphatic hydroxyl groups is 1. The van der Waals surface area contributed by atoms with Gasteiger partial charge in [-0.05, 0) is 44.1 Å². The second-order valence-electron chi connectivity index (χ2n) is 7.09. The first kappa shape index (κ1) is 20.5. The zero-order chi connectivity index (χ0) is 18.5. The molecule has 144 valence electrons. The lowest BCUT2D eigenvalue weighted by molar-refractivity contribution is -0.118. The summed E-state index contributed by atoms with van der Waals surface area (Å²) in [5.74, 6) is 1.58. The van der Waals surface area contributed by atoms with E-state index in [0.29, 0.717) is 12.5 Å². The standard InChI is InChI=1S/C20H32N4O2/c25-16-10-6-2-1-3-7-11-17-14-15-19(26)18(17)12-8-4-5-9-13-20-21-23-24-22-20/h4,8,14-15,17-18,25H,1-3,5-7,9-13,16H2,(H,21,22,23,24)/b8-4-/t17-,18+/m1/s1. The highest BCUT2D eigenvalue weighted by Crippen LogP contribution is 2.30.